The van der Waals surface area contributed by atoms with Crippen molar-refractivity contribution in [2.24, 2.45) is 0 Å². The molecule has 0 atom stereocenters. The molecular formula is C76H69N5OPt. The fourth-order valence-electron chi connectivity index (χ4n) is 12.7. The molecule has 14 aromatic rings. The van der Waals surface area contributed by atoms with Gasteiger partial charge in [0.2, 0.25) is 0 Å². The van der Waals surface area contributed by atoms with Crippen molar-refractivity contribution in [3.63, 3.8) is 0 Å². The van der Waals surface area contributed by atoms with Crippen molar-refractivity contribution in [2.45, 2.75) is 105 Å². The standard InChI is InChI=1S/C76H69N5O.Pt/c1-73(2,3)49-34-35-77-70(41-49)80-67-43-54(32-33-59(67)62-44-63-61-28-21-27-60-58-24-16-17-29-64(58)81(72(60)61)69(63)45-68(62)80)82-55-40-52(76(10,11)12)39-53(42-55)78-46-79(66-31-19-18-30-65(66)78)71-56(47-22-14-13-15-23-47)25-20-26-57(71)48-36-50(74(4,5)6)38-51(37-48)75(7,8)9;/h13-45H,1-12H3;. The first-order valence-corrected chi connectivity index (χ1v) is 30.2. The van der Waals surface area contributed by atoms with Gasteiger partial charge in [0.05, 0.1) is 16.6 Å². The second-order valence-electron chi connectivity index (χ2n) is 26.9. The van der Waals surface area contributed by atoms with Gasteiger partial charge in [0.25, 0.3) is 0 Å². The molecule has 0 saturated heterocycles. The van der Waals surface area contributed by atoms with Gasteiger partial charge in [-0.3, -0.25) is 0 Å². The number of benzene rings is 9. The van der Waals surface area contributed by atoms with Crippen LogP contribution in [0.4, 0.5) is 0 Å². The monoisotopic (exact) mass is 1260 g/mol. The molecule has 414 valence electrons. The van der Waals surface area contributed by atoms with Gasteiger partial charge >= 0.3 is 371 Å². The number of imidazole rings is 1. The number of nitrogens with zero attached hydrogens (tertiary/aromatic N) is 5. The third-order valence-corrected chi connectivity index (χ3v) is 18.2. The molecule has 0 aliphatic heterocycles. The molecule has 0 amide bonds. The minimum absolute atomic E-state index is 0.0533. The summed E-state index contributed by atoms with van der Waals surface area (Å²) in [5, 5.41) is 7.36. The predicted molar refractivity (Wildman–Crippen MR) is 345 cm³/mol. The van der Waals surface area contributed by atoms with Crippen molar-refractivity contribution < 1.29 is 24.1 Å². The average Bonchev–Trinajstić information content (AvgIpc) is 1.65. The molecule has 0 aliphatic carbocycles. The molecule has 0 saturated carbocycles. The summed E-state index contributed by atoms with van der Waals surface area (Å²) in [5.41, 5.74) is 19.5. The van der Waals surface area contributed by atoms with Gasteiger partial charge < -0.3 is 4.40 Å². The summed E-state index contributed by atoms with van der Waals surface area (Å²) in [5.74, 6) is 2.39. The fourth-order valence-corrected chi connectivity index (χ4v) is 13.8. The second kappa shape index (κ2) is 18.9. The maximum atomic E-state index is 7.27. The number of rotatable bonds is 7. The second-order valence-corrected chi connectivity index (χ2v) is 28.0. The number of para-hydroxylation sites is 5. The number of fused-ring (bicyclic) bond motifs is 10. The Balaban J connectivity index is 0.970. The van der Waals surface area contributed by atoms with E-state index in [4.69, 9.17) is 9.72 Å². The Hall–Kier alpha value is -8.31. The fraction of sp³-hybridized carbons (Fsp3) is 0.211. The molecule has 0 fully saturated rings. The van der Waals surface area contributed by atoms with Crippen molar-refractivity contribution >= 4 is 70.9 Å². The zero-order chi connectivity index (χ0) is 57.6. The molecule has 0 aliphatic rings. The van der Waals surface area contributed by atoms with Gasteiger partial charge in [0.15, 0.2) is 0 Å². The van der Waals surface area contributed by atoms with Gasteiger partial charge in [0, 0.05) is 27.7 Å². The summed E-state index contributed by atoms with van der Waals surface area (Å²) < 4.78 is 18.1. The molecule has 7 heteroatoms. The Morgan fingerprint density at radius 1 is 0.361 bits per heavy atom. The summed E-state index contributed by atoms with van der Waals surface area (Å²) in [7, 11) is 0. The van der Waals surface area contributed by atoms with Crippen LogP contribution < -0.4 is 4.74 Å². The summed E-state index contributed by atoms with van der Waals surface area (Å²) in [6.07, 6.45) is 1.96. The molecule has 14 rings (SSSR count). The topological polar surface area (TPSA) is 41.3 Å². The average molecular weight is 1260 g/mol. The van der Waals surface area contributed by atoms with E-state index in [1.165, 1.54) is 82.4 Å². The van der Waals surface area contributed by atoms with Crippen LogP contribution >= 0.6 is 0 Å². The quantitative estimate of drug-likeness (QED) is 0.160. The molecule has 0 N–H and O–H groups in total. The minimum atomic E-state index is -0.204. The third kappa shape index (κ3) is 8.70. The molecule has 0 radical (unpaired) electrons. The molecule has 0 bridgehead atoms. The van der Waals surface area contributed by atoms with Gasteiger partial charge in [-0.15, -0.1) is 0 Å². The number of hydrogen-bond donors (Lipinski definition) is 0. The van der Waals surface area contributed by atoms with Crippen LogP contribution in [0, 0.1) is 3.80 Å². The molecule has 6 nitrogen and oxygen atoms in total. The van der Waals surface area contributed by atoms with Crippen LogP contribution in [0.15, 0.2) is 200 Å². The van der Waals surface area contributed by atoms with Crippen LogP contribution in [0.2, 0.25) is 0 Å². The normalized spacial score (nSPS) is 12.9. The zero-order valence-corrected chi connectivity index (χ0v) is 51.8. The Kier molecular flexibility index (Phi) is 12.0. The molecular weight excluding hydrogens is 1190 g/mol. The first-order chi connectivity index (χ1) is 39.6. The molecule has 9 aromatic carbocycles. The van der Waals surface area contributed by atoms with Crippen LogP contribution in [0.25, 0.3) is 110 Å². The molecule has 0 spiro atoms. The Bertz CT molecular complexity index is 4970. The Morgan fingerprint density at radius 2 is 0.916 bits per heavy atom. The molecule has 83 heavy (non-hydrogen) atoms. The first-order valence-electron chi connectivity index (χ1n) is 29.1. The molecule has 0 unspecified atom stereocenters. The third-order valence-electron chi connectivity index (χ3n) is 17.2. The van der Waals surface area contributed by atoms with E-state index < -0.39 is 0 Å². The number of ether oxygens (including phenoxy) is 1. The first kappa shape index (κ1) is 52.7. The van der Waals surface area contributed by atoms with Crippen molar-refractivity contribution in [3.05, 3.63) is 226 Å². The van der Waals surface area contributed by atoms with Gasteiger partial charge in [-0.1, -0.05) is 57.2 Å². The number of aromatic nitrogens is 5. The van der Waals surface area contributed by atoms with Crippen molar-refractivity contribution in [1.29, 1.82) is 0 Å². The molecule has 5 heterocycles. The van der Waals surface area contributed by atoms with E-state index in [0.717, 1.165) is 65.5 Å². The molecule has 5 aromatic heterocycles. The van der Waals surface area contributed by atoms with Crippen molar-refractivity contribution in [3.8, 4) is 50.9 Å². The Labute approximate surface area is 497 Å². The van der Waals surface area contributed by atoms with E-state index in [0.29, 0.717) is 0 Å². The summed E-state index contributed by atoms with van der Waals surface area (Å²) >= 11 is 2.58. The predicted octanol–water partition coefficient (Wildman–Crippen LogP) is 20.5. The van der Waals surface area contributed by atoms with E-state index in [2.05, 4.69) is 315 Å². The van der Waals surface area contributed by atoms with Crippen LogP contribution in [0.5, 0.6) is 11.5 Å². The van der Waals surface area contributed by atoms with Crippen molar-refractivity contribution in [2.75, 3.05) is 0 Å². The van der Waals surface area contributed by atoms with E-state index in [1.54, 1.807) is 0 Å². The van der Waals surface area contributed by atoms with E-state index >= 15 is 0 Å². The number of hydrogen-bond acceptors (Lipinski definition) is 2. The SMILES string of the molecule is CC(C)(C)c1cc(Oc2ccc3c4cc5c6cccc7c8ccccc8n(c5cc4n(-c4cc(C(C)(C)C)ccn4)c3c2)c76)cc(-n2[c](=[Pt])n(-c3c(-c4ccccc4)cccc3-c3cc(C(C)(C)C)cc(C(C)(C)C)c3)c3ccccc32)c1. The van der Waals surface area contributed by atoms with Gasteiger partial charge in [0.1, 0.15) is 0 Å². The maximum absolute atomic E-state index is 7.27. The number of pyridine rings is 1. The van der Waals surface area contributed by atoms with E-state index in [-0.39, 0.29) is 21.7 Å². The van der Waals surface area contributed by atoms with E-state index in [9.17, 15) is 0 Å². The Morgan fingerprint density at radius 3 is 1.60 bits per heavy atom. The van der Waals surface area contributed by atoms with E-state index in [1.807, 2.05) is 6.20 Å². The van der Waals surface area contributed by atoms with Crippen LogP contribution in [0.3, 0.4) is 0 Å². The van der Waals surface area contributed by atoms with Crippen LogP contribution in [0.1, 0.15) is 105 Å². The van der Waals surface area contributed by atoms with Crippen LogP contribution in [-0.2, 0) is 41.0 Å². The van der Waals surface area contributed by atoms with Crippen LogP contribution in [-0.4, -0.2) is 23.1 Å². The van der Waals surface area contributed by atoms with Gasteiger partial charge in [-0.2, -0.15) is 0 Å². The van der Waals surface area contributed by atoms with Crippen molar-refractivity contribution in [1.82, 2.24) is 23.1 Å². The summed E-state index contributed by atoms with van der Waals surface area (Å²) in [6, 6.07) is 72.0. The van der Waals surface area contributed by atoms with Gasteiger partial charge in [-0.05, 0) is 23.1 Å². The summed E-state index contributed by atoms with van der Waals surface area (Å²) in [6.45, 7) is 27.6. The van der Waals surface area contributed by atoms with Gasteiger partial charge in [-0.25, -0.2) is 0 Å². The zero-order valence-electron chi connectivity index (χ0n) is 49.5. The summed E-state index contributed by atoms with van der Waals surface area (Å²) in [4.78, 5) is 5.14.